The molecular formula is C15H17ClN4OS2. The molecule has 122 valence electrons. The fourth-order valence-electron chi connectivity index (χ4n) is 2.48. The number of aromatic nitrogens is 2. The SMILES string of the molecule is O=C(CSc1nnc(Nc2cccc(Cl)c2)s1)NC1CCCC1. The number of anilines is 2. The third-order valence-corrected chi connectivity index (χ3v) is 5.74. The van der Waals surface area contributed by atoms with Crippen molar-refractivity contribution in [2.24, 2.45) is 0 Å². The highest BCUT2D eigenvalue weighted by molar-refractivity contribution is 8.01. The van der Waals surface area contributed by atoms with Crippen molar-refractivity contribution >= 4 is 51.4 Å². The number of hydrogen-bond donors (Lipinski definition) is 2. The van der Waals surface area contributed by atoms with Gasteiger partial charge in [-0.3, -0.25) is 4.79 Å². The molecule has 2 aromatic rings. The van der Waals surface area contributed by atoms with E-state index in [9.17, 15) is 4.79 Å². The highest BCUT2D eigenvalue weighted by atomic mass is 35.5. The molecule has 1 amide bonds. The number of carbonyl (C=O) groups excluding carboxylic acids is 1. The Bertz CT molecular complexity index is 673. The van der Waals surface area contributed by atoms with Crippen molar-refractivity contribution in [2.45, 2.75) is 36.1 Å². The van der Waals surface area contributed by atoms with Crippen molar-refractivity contribution < 1.29 is 4.79 Å². The summed E-state index contributed by atoms with van der Waals surface area (Å²) in [7, 11) is 0. The maximum absolute atomic E-state index is 11.9. The highest BCUT2D eigenvalue weighted by Gasteiger charge is 2.17. The van der Waals surface area contributed by atoms with Gasteiger partial charge < -0.3 is 10.6 Å². The highest BCUT2D eigenvalue weighted by Crippen LogP contribution is 2.28. The Balaban J connectivity index is 1.48. The average Bonchev–Trinajstić information content (AvgIpc) is 3.17. The molecule has 8 heteroatoms. The molecule has 1 aliphatic rings. The predicted molar refractivity (Wildman–Crippen MR) is 95.8 cm³/mol. The molecule has 0 bridgehead atoms. The predicted octanol–water partition coefficient (Wildman–Crippen LogP) is 4.09. The van der Waals surface area contributed by atoms with Crippen LogP contribution >= 0.6 is 34.7 Å². The fourth-order valence-corrected chi connectivity index (χ4v) is 4.25. The maximum Gasteiger partial charge on any atom is 0.230 e. The minimum atomic E-state index is 0.0708. The minimum Gasteiger partial charge on any atom is -0.353 e. The van der Waals surface area contributed by atoms with E-state index >= 15 is 0 Å². The molecule has 1 aromatic carbocycles. The van der Waals surface area contributed by atoms with Gasteiger partial charge in [-0.15, -0.1) is 10.2 Å². The molecule has 0 atom stereocenters. The van der Waals surface area contributed by atoms with Crippen LogP contribution < -0.4 is 10.6 Å². The summed E-state index contributed by atoms with van der Waals surface area (Å²) in [4.78, 5) is 11.9. The lowest BCUT2D eigenvalue weighted by molar-refractivity contribution is -0.119. The van der Waals surface area contributed by atoms with Gasteiger partial charge in [0.25, 0.3) is 0 Å². The summed E-state index contributed by atoms with van der Waals surface area (Å²) in [5, 5.41) is 15.8. The smallest absolute Gasteiger partial charge is 0.230 e. The molecule has 1 aliphatic carbocycles. The van der Waals surface area contributed by atoms with Crippen LogP contribution in [0.2, 0.25) is 5.02 Å². The Morgan fingerprint density at radius 1 is 1.35 bits per heavy atom. The van der Waals surface area contributed by atoms with Crippen molar-refractivity contribution in [3.8, 4) is 0 Å². The van der Waals surface area contributed by atoms with Crippen LogP contribution in [0.5, 0.6) is 0 Å². The van der Waals surface area contributed by atoms with Gasteiger partial charge in [0.2, 0.25) is 11.0 Å². The van der Waals surface area contributed by atoms with E-state index in [1.54, 1.807) is 0 Å². The summed E-state index contributed by atoms with van der Waals surface area (Å²) in [5.41, 5.74) is 0.865. The van der Waals surface area contributed by atoms with E-state index in [2.05, 4.69) is 20.8 Å². The van der Waals surface area contributed by atoms with E-state index in [0.29, 0.717) is 21.9 Å². The van der Waals surface area contributed by atoms with Gasteiger partial charge in [0.05, 0.1) is 5.75 Å². The van der Waals surface area contributed by atoms with Crippen LogP contribution in [0.4, 0.5) is 10.8 Å². The molecular weight excluding hydrogens is 352 g/mol. The number of nitrogens with one attached hydrogen (secondary N) is 2. The van der Waals surface area contributed by atoms with Gasteiger partial charge in [-0.1, -0.05) is 53.6 Å². The van der Waals surface area contributed by atoms with Gasteiger partial charge in [0.15, 0.2) is 4.34 Å². The van der Waals surface area contributed by atoms with Gasteiger partial charge in [-0.25, -0.2) is 0 Å². The zero-order valence-electron chi connectivity index (χ0n) is 12.4. The normalized spacial score (nSPS) is 14.8. The number of hydrogen-bond acceptors (Lipinski definition) is 6. The molecule has 5 nitrogen and oxygen atoms in total. The van der Waals surface area contributed by atoms with Gasteiger partial charge in [-0.05, 0) is 31.0 Å². The van der Waals surface area contributed by atoms with Gasteiger partial charge in [0.1, 0.15) is 0 Å². The van der Waals surface area contributed by atoms with Crippen molar-refractivity contribution in [2.75, 3.05) is 11.1 Å². The molecule has 1 heterocycles. The first-order valence-corrected chi connectivity index (χ1v) is 9.65. The van der Waals surface area contributed by atoms with Crippen molar-refractivity contribution in [3.05, 3.63) is 29.3 Å². The van der Waals surface area contributed by atoms with Crippen LogP contribution in [0.3, 0.4) is 0 Å². The Labute approximate surface area is 148 Å². The second-order valence-corrected chi connectivity index (χ2v) is 7.98. The monoisotopic (exact) mass is 368 g/mol. The molecule has 2 N–H and O–H groups in total. The van der Waals surface area contributed by atoms with Crippen LogP contribution in [-0.2, 0) is 4.79 Å². The molecule has 0 aliphatic heterocycles. The molecule has 1 fully saturated rings. The van der Waals surface area contributed by atoms with E-state index in [1.165, 1.54) is 35.9 Å². The molecule has 1 aromatic heterocycles. The Morgan fingerprint density at radius 3 is 2.96 bits per heavy atom. The molecule has 1 saturated carbocycles. The zero-order valence-corrected chi connectivity index (χ0v) is 14.8. The zero-order chi connectivity index (χ0) is 16.1. The minimum absolute atomic E-state index is 0.0708. The van der Waals surface area contributed by atoms with Crippen molar-refractivity contribution in [1.29, 1.82) is 0 Å². The molecule has 0 radical (unpaired) electrons. The Kier molecular flexibility index (Phi) is 5.75. The lowest BCUT2D eigenvalue weighted by atomic mass is 10.2. The lowest BCUT2D eigenvalue weighted by Crippen LogP contribution is -2.33. The quantitative estimate of drug-likeness (QED) is 0.752. The van der Waals surface area contributed by atoms with Crippen LogP contribution in [0.15, 0.2) is 28.6 Å². The van der Waals surface area contributed by atoms with Crippen LogP contribution in [0, 0.1) is 0 Å². The van der Waals surface area contributed by atoms with E-state index in [4.69, 9.17) is 11.6 Å². The van der Waals surface area contributed by atoms with Gasteiger partial charge in [-0.2, -0.15) is 0 Å². The summed E-state index contributed by atoms with van der Waals surface area (Å²) < 4.78 is 0.774. The van der Waals surface area contributed by atoms with E-state index in [1.807, 2.05) is 24.3 Å². The van der Waals surface area contributed by atoms with E-state index in [-0.39, 0.29) is 5.91 Å². The second-order valence-electron chi connectivity index (χ2n) is 5.35. The third-order valence-electron chi connectivity index (χ3n) is 3.53. The standard InChI is InChI=1S/C15H17ClN4OS2/c16-10-4-3-7-12(8-10)18-14-19-20-15(23-14)22-9-13(21)17-11-5-1-2-6-11/h3-4,7-8,11H,1-2,5-6,9H2,(H,17,21)(H,18,19). The van der Waals surface area contributed by atoms with E-state index in [0.717, 1.165) is 22.9 Å². The largest absolute Gasteiger partial charge is 0.353 e. The van der Waals surface area contributed by atoms with Crippen LogP contribution in [0.1, 0.15) is 25.7 Å². The number of benzene rings is 1. The summed E-state index contributed by atoms with van der Waals surface area (Å²) in [6.07, 6.45) is 4.63. The number of nitrogens with zero attached hydrogens (tertiary/aromatic N) is 2. The number of halogens is 1. The van der Waals surface area contributed by atoms with Crippen LogP contribution in [-0.4, -0.2) is 27.9 Å². The molecule has 23 heavy (non-hydrogen) atoms. The maximum atomic E-state index is 11.9. The topological polar surface area (TPSA) is 66.9 Å². The average molecular weight is 369 g/mol. The lowest BCUT2D eigenvalue weighted by Gasteiger charge is -2.10. The number of carbonyl (C=O) groups is 1. The molecule has 0 spiro atoms. The number of rotatable bonds is 6. The van der Waals surface area contributed by atoms with Crippen LogP contribution in [0.25, 0.3) is 0 Å². The first kappa shape index (κ1) is 16.5. The molecule has 0 saturated heterocycles. The van der Waals surface area contributed by atoms with E-state index < -0.39 is 0 Å². The van der Waals surface area contributed by atoms with Gasteiger partial charge >= 0.3 is 0 Å². The molecule has 0 unspecified atom stereocenters. The van der Waals surface area contributed by atoms with Crippen molar-refractivity contribution in [1.82, 2.24) is 15.5 Å². The Morgan fingerprint density at radius 2 is 2.17 bits per heavy atom. The summed E-state index contributed by atoms with van der Waals surface area (Å²) >= 11 is 8.79. The van der Waals surface area contributed by atoms with Crippen molar-refractivity contribution in [3.63, 3.8) is 0 Å². The fraction of sp³-hybridized carbons (Fsp3) is 0.400. The second kappa shape index (κ2) is 7.99. The first-order valence-electron chi connectivity index (χ1n) is 7.47. The summed E-state index contributed by atoms with van der Waals surface area (Å²) in [6, 6.07) is 7.78. The first-order chi connectivity index (χ1) is 11.2. The molecule has 3 rings (SSSR count). The number of thioether (sulfide) groups is 1. The summed E-state index contributed by atoms with van der Waals surface area (Å²) in [5.74, 6) is 0.448. The summed E-state index contributed by atoms with van der Waals surface area (Å²) in [6.45, 7) is 0. The van der Waals surface area contributed by atoms with Gasteiger partial charge in [0, 0.05) is 16.8 Å². The Hall–Kier alpha value is -1.31. The third kappa shape index (κ3) is 5.09. The number of amides is 1.